The summed E-state index contributed by atoms with van der Waals surface area (Å²) in [5.41, 5.74) is 3.47. The second kappa shape index (κ2) is 4.94. The van der Waals surface area contributed by atoms with Crippen LogP contribution >= 0.6 is 0 Å². The number of aromatic nitrogens is 2. The third-order valence-electron chi connectivity index (χ3n) is 2.68. The van der Waals surface area contributed by atoms with Gasteiger partial charge in [-0.05, 0) is 18.9 Å². The summed E-state index contributed by atoms with van der Waals surface area (Å²) in [6.07, 6.45) is 4.43. The molecule has 2 rings (SSSR count). The lowest BCUT2D eigenvalue weighted by Crippen LogP contribution is -2.04. The van der Waals surface area contributed by atoms with E-state index in [0.717, 1.165) is 18.7 Å². The minimum atomic E-state index is 0.0494. The Labute approximate surface area is 95.4 Å². The molecule has 0 unspecified atom stereocenters. The lowest BCUT2D eigenvalue weighted by atomic mass is 10.1. The van der Waals surface area contributed by atoms with E-state index in [0.29, 0.717) is 0 Å². The van der Waals surface area contributed by atoms with E-state index in [1.54, 1.807) is 12.5 Å². The third-order valence-corrected chi connectivity index (χ3v) is 2.68. The average molecular weight is 216 g/mol. The molecule has 1 aromatic carbocycles. The van der Waals surface area contributed by atoms with E-state index < -0.39 is 0 Å². The van der Waals surface area contributed by atoms with E-state index in [4.69, 9.17) is 5.11 Å². The first-order valence-corrected chi connectivity index (χ1v) is 5.45. The number of aliphatic hydroxyl groups is 1. The molecule has 3 heteroatoms. The fraction of sp³-hybridized carbons (Fsp3) is 0.308. The van der Waals surface area contributed by atoms with Crippen LogP contribution in [0.15, 0.2) is 36.8 Å². The molecule has 0 aliphatic heterocycles. The molecule has 16 heavy (non-hydrogen) atoms. The van der Waals surface area contributed by atoms with Crippen molar-refractivity contribution in [1.82, 2.24) is 9.55 Å². The predicted octanol–water partition coefficient (Wildman–Crippen LogP) is 1.93. The number of hydrogen-bond donors (Lipinski definition) is 1. The normalized spacial score (nSPS) is 10.6. The number of aliphatic hydroxyl groups excluding tert-OH is 1. The van der Waals surface area contributed by atoms with Crippen LogP contribution in [0.2, 0.25) is 0 Å². The number of nitrogens with zero attached hydrogens (tertiary/aromatic N) is 2. The predicted molar refractivity (Wildman–Crippen MR) is 63.0 cm³/mol. The van der Waals surface area contributed by atoms with Crippen molar-refractivity contribution in [3.8, 4) is 0 Å². The SMILES string of the molecule is Cc1cccc(CCn2cncc2CO)c1. The van der Waals surface area contributed by atoms with Gasteiger partial charge in [0.1, 0.15) is 0 Å². The van der Waals surface area contributed by atoms with E-state index in [-0.39, 0.29) is 6.61 Å². The zero-order valence-electron chi connectivity index (χ0n) is 9.43. The van der Waals surface area contributed by atoms with Crippen LogP contribution in [0.3, 0.4) is 0 Å². The molecule has 0 saturated carbocycles. The number of aryl methyl sites for hydroxylation is 3. The maximum absolute atomic E-state index is 9.09. The topological polar surface area (TPSA) is 38.0 Å². The number of benzene rings is 1. The largest absolute Gasteiger partial charge is 0.390 e. The zero-order chi connectivity index (χ0) is 11.4. The molecule has 0 bridgehead atoms. The molecule has 1 heterocycles. The highest BCUT2D eigenvalue weighted by atomic mass is 16.3. The van der Waals surface area contributed by atoms with Crippen molar-refractivity contribution in [2.24, 2.45) is 0 Å². The van der Waals surface area contributed by atoms with Gasteiger partial charge in [0.15, 0.2) is 0 Å². The summed E-state index contributed by atoms with van der Waals surface area (Å²) in [4.78, 5) is 4.03. The Kier molecular flexibility index (Phi) is 3.37. The van der Waals surface area contributed by atoms with Gasteiger partial charge in [-0.1, -0.05) is 29.8 Å². The molecule has 0 aliphatic carbocycles. The highest BCUT2D eigenvalue weighted by Crippen LogP contribution is 2.07. The van der Waals surface area contributed by atoms with E-state index in [1.807, 2.05) is 4.57 Å². The Morgan fingerprint density at radius 2 is 2.25 bits per heavy atom. The fourth-order valence-corrected chi connectivity index (χ4v) is 1.80. The van der Waals surface area contributed by atoms with Gasteiger partial charge in [0.05, 0.1) is 24.8 Å². The minimum absolute atomic E-state index is 0.0494. The molecule has 0 saturated heterocycles. The number of hydrogen-bond acceptors (Lipinski definition) is 2. The molecule has 3 nitrogen and oxygen atoms in total. The van der Waals surface area contributed by atoms with E-state index >= 15 is 0 Å². The van der Waals surface area contributed by atoms with Gasteiger partial charge in [-0.25, -0.2) is 4.98 Å². The smallest absolute Gasteiger partial charge is 0.0948 e. The van der Waals surface area contributed by atoms with E-state index in [1.165, 1.54) is 11.1 Å². The Bertz CT molecular complexity index is 462. The molecule has 2 aromatic rings. The summed E-state index contributed by atoms with van der Waals surface area (Å²) in [5.74, 6) is 0. The molecular formula is C13H16N2O. The van der Waals surface area contributed by atoms with Crippen molar-refractivity contribution in [3.63, 3.8) is 0 Å². The fourth-order valence-electron chi connectivity index (χ4n) is 1.80. The summed E-state index contributed by atoms with van der Waals surface area (Å²) in [5, 5.41) is 9.09. The second-order valence-electron chi connectivity index (χ2n) is 3.98. The lowest BCUT2D eigenvalue weighted by molar-refractivity contribution is 0.270. The first kappa shape index (κ1) is 10.9. The molecule has 0 spiro atoms. The first-order valence-electron chi connectivity index (χ1n) is 5.45. The van der Waals surface area contributed by atoms with Crippen LogP contribution in [-0.4, -0.2) is 14.7 Å². The van der Waals surface area contributed by atoms with Crippen LogP contribution in [-0.2, 0) is 19.6 Å². The van der Waals surface area contributed by atoms with Gasteiger partial charge in [0, 0.05) is 6.54 Å². The van der Waals surface area contributed by atoms with Gasteiger partial charge in [0.25, 0.3) is 0 Å². The Morgan fingerprint density at radius 3 is 3.00 bits per heavy atom. The maximum Gasteiger partial charge on any atom is 0.0948 e. The van der Waals surface area contributed by atoms with Gasteiger partial charge in [0.2, 0.25) is 0 Å². The highest BCUT2D eigenvalue weighted by Gasteiger charge is 2.00. The van der Waals surface area contributed by atoms with Crippen LogP contribution in [0, 0.1) is 6.92 Å². The molecule has 0 atom stereocenters. The van der Waals surface area contributed by atoms with Gasteiger partial charge in [-0.15, -0.1) is 0 Å². The summed E-state index contributed by atoms with van der Waals surface area (Å²) < 4.78 is 1.99. The zero-order valence-corrected chi connectivity index (χ0v) is 9.43. The highest BCUT2D eigenvalue weighted by molar-refractivity contribution is 5.22. The first-order chi connectivity index (χ1) is 7.79. The van der Waals surface area contributed by atoms with Gasteiger partial charge in [-0.2, -0.15) is 0 Å². The Hall–Kier alpha value is -1.61. The van der Waals surface area contributed by atoms with Crippen molar-refractivity contribution >= 4 is 0 Å². The summed E-state index contributed by atoms with van der Waals surface area (Å²) in [6, 6.07) is 8.49. The second-order valence-corrected chi connectivity index (χ2v) is 3.98. The molecule has 0 aliphatic rings. The molecule has 0 radical (unpaired) electrons. The van der Waals surface area contributed by atoms with Crippen molar-refractivity contribution in [2.45, 2.75) is 26.5 Å². The molecule has 0 fully saturated rings. The summed E-state index contributed by atoms with van der Waals surface area (Å²) >= 11 is 0. The van der Waals surface area contributed by atoms with Gasteiger partial charge >= 0.3 is 0 Å². The molecule has 0 amide bonds. The summed E-state index contributed by atoms with van der Waals surface area (Å²) in [7, 11) is 0. The monoisotopic (exact) mass is 216 g/mol. The Morgan fingerprint density at radius 1 is 1.38 bits per heavy atom. The van der Waals surface area contributed by atoms with Crippen molar-refractivity contribution in [2.75, 3.05) is 0 Å². The number of imidazole rings is 1. The van der Waals surface area contributed by atoms with Crippen molar-refractivity contribution in [1.29, 1.82) is 0 Å². The minimum Gasteiger partial charge on any atom is -0.390 e. The average Bonchev–Trinajstić information content (AvgIpc) is 2.74. The van der Waals surface area contributed by atoms with Crippen molar-refractivity contribution in [3.05, 3.63) is 53.6 Å². The summed E-state index contributed by atoms with van der Waals surface area (Å²) in [6.45, 7) is 3.01. The molecule has 84 valence electrons. The van der Waals surface area contributed by atoms with Gasteiger partial charge in [-0.3, -0.25) is 0 Å². The van der Waals surface area contributed by atoms with Crippen LogP contribution in [0.5, 0.6) is 0 Å². The maximum atomic E-state index is 9.09. The third kappa shape index (κ3) is 2.49. The van der Waals surface area contributed by atoms with Crippen LogP contribution < -0.4 is 0 Å². The quantitative estimate of drug-likeness (QED) is 0.848. The Balaban J connectivity index is 2.02. The standard InChI is InChI=1S/C13H16N2O/c1-11-3-2-4-12(7-11)5-6-15-10-14-8-13(15)9-16/h2-4,7-8,10,16H,5-6,9H2,1H3. The molecule has 1 N–H and O–H groups in total. The number of rotatable bonds is 4. The molecular weight excluding hydrogens is 200 g/mol. The van der Waals surface area contributed by atoms with Gasteiger partial charge < -0.3 is 9.67 Å². The molecule has 1 aromatic heterocycles. The van der Waals surface area contributed by atoms with Crippen LogP contribution in [0.1, 0.15) is 16.8 Å². The van der Waals surface area contributed by atoms with E-state index in [9.17, 15) is 0 Å². The van der Waals surface area contributed by atoms with E-state index in [2.05, 4.69) is 36.2 Å². The van der Waals surface area contributed by atoms with Crippen LogP contribution in [0.4, 0.5) is 0 Å². The lowest BCUT2D eigenvalue weighted by Gasteiger charge is -2.06. The van der Waals surface area contributed by atoms with Crippen LogP contribution in [0.25, 0.3) is 0 Å². The van der Waals surface area contributed by atoms with Crippen molar-refractivity contribution < 1.29 is 5.11 Å².